The Hall–Kier alpha value is -1.58. The molecule has 1 N–H and O–H groups in total. The van der Waals surface area contributed by atoms with E-state index in [0.717, 1.165) is 18.4 Å². The highest BCUT2D eigenvalue weighted by atomic mass is 16.1. The molecule has 4 heteroatoms. The van der Waals surface area contributed by atoms with Crippen LogP contribution in [0.25, 0.3) is 6.08 Å². The summed E-state index contributed by atoms with van der Waals surface area (Å²) in [6, 6.07) is 0.418. The summed E-state index contributed by atoms with van der Waals surface area (Å²) in [6.07, 6.45) is 9.14. The van der Waals surface area contributed by atoms with Crippen molar-refractivity contribution in [2.75, 3.05) is 0 Å². The molecule has 2 rings (SSSR count). The van der Waals surface area contributed by atoms with Gasteiger partial charge in [0, 0.05) is 30.9 Å². The first-order valence-corrected chi connectivity index (χ1v) is 4.71. The van der Waals surface area contributed by atoms with Gasteiger partial charge in [-0.15, -0.1) is 0 Å². The third kappa shape index (κ3) is 2.45. The Bertz CT molecular complexity index is 363. The standard InChI is InChI=1S/C10H13N3O/c1-13-7-8(6-11-13)2-5-10(14)12-9-3-4-9/h2,5-7,9H,3-4H2,1H3,(H,12,14)/b5-2+. The highest BCUT2D eigenvalue weighted by Gasteiger charge is 2.21. The lowest BCUT2D eigenvalue weighted by Crippen LogP contribution is -2.22. The van der Waals surface area contributed by atoms with Gasteiger partial charge in [0.15, 0.2) is 0 Å². The number of carbonyl (C=O) groups is 1. The Morgan fingerprint density at radius 3 is 3.07 bits per heavy atom. The van der Waals surface area contributed by atoms with Gasteiger partial charge in [0.1, 0.15) is 0 Å². The highest BCUT2D eigenvalue weighted by Crippen LogP contribution is 2.18. The lowest BCUT2D eigenvalue weighted by atomic mass is 10.3. The molecule has 1 aliphatic rings. The molecule has 0 radical (unpaired) electrons. The first-order chi connectivity index (χ1) is 6.74. The van der Waals surface area contributed by atoms with Crippen LogP contribution in [0.4, 0.5) is 0 Å². The van der Waals surface area contributed by atoms with Gasteiger partial charge < -0.3 is 5.32 Å². The zero-order valence-corrected chi connectivity index (χ0v) is 8.10. The van der Waals surface area contributed by atoms with Crippen molar-refractivity contribution in [1.29, 1.82) is 0 Å². The van der Waals surface area contributed by atoms with E-state index < -0.39 is 0 Å². The first-order valence-electron chi connectivity index (χ1n) is 4.71. The second kappa shape index (κ2) is 3.65. The van der Waals surface area contributed by atoms with Gasteiger partial charge in [-0.05, 0) is 18.9 Å². The lowest BCUT2D eigenvalue weighted by Gasteiger charge is -1.95. The third-order valence-corrected chi connectivity index (χ3v) is 2.08. The molecular weight excluding hydrogens is 178 g/mol. The first kappa shape index (κ1) is 8.99. The van der Waals surface area contributed by atoms with Crippen LogP contribution in [0.1, 0.15) is 18.4 Å². The van der Waals surface area contributed by atoms with E-state index in [1.54, 1.807) is 23.0 Å². The van der Waals surface area contributed by atoms with Gasteiger partial charge in [-0.3, -0.25) is 9.48 Å². The van der Waals surface area contributed by atoms with E-state index in [1.165, 1.54) is 0 Å². The molecular formula is C10H13N3O. The molecule has 0 bridgehead atoms. The molecule has 1 amide bonds. The summed E-state index contributed by atoms with van der Waals surface area (Å²) in [5, 5.41) is 6.88. The topological polar surface area (TPSA) is 46.9 Å². The number of aromatic nitrogens is 2. The van der Waals surface area contributed by atoms with Crippen LogP contribution >= 0.6 is 0 Å². The largest absolute Gasteiger partial charge is 0.350 e. The Labute approximate surface area is 82.6 Å². The molecule has 0 saturated heterocycles. The molecule has 74 valence electrons. The van der Waals surface area contributed by atoms with Crippen molar-refractivity contribution in [2.45, 2.75) is 18.9 Å². The van der Waals surface area contributed by atoms with Gasteiger partial charge >= 0.3 is 0 Å². The molecule has 1 aromatic rings. The molecule has 14 heavy (non-hydrogen) atoms. The molecule has 1 aliphatic carbocycles. The number of amides is 1. The van der Waals surface area contributed by atoms with Crippen molar-refractivity contribution >= 4 is 12.0 Å². The zero-order chi connectivity index (χ0) is 9.97. The van der Waals surface area contributed by atoms with Crippen LogP contribution in [0, 0.1) is 0 Å². The van der Waals surface area contributed by atoms with Crippen LogP contribution in [0.5, 0.6) is 0 Å². The van der Waals surface area contributed by atoms with Gasteiger partial charge in [0.05, 0.1) is 6.20 Å². The van der Waals surface area contributed by atoms with Crippen LogP contribution in [0.15, 0.2) is 18.5 Å². The van der Waals surface area contributed by atoms with Gasteiger partial charge in [0.25, 0.3) is 0 Å². The number of rotatable bonds is 3. The smallest absolute Gasteiger partial charge is 0.244 e. The molecule has 0 atom stereocenters. The Balaban J connectivity index is 1.88. The number of carbonyl (C=O) groups excluding carboxylic acids is 1. The number of nitrogens with zero attached hydrogens (tertiary/aromatic N) is 2. The second-order valence-corrected chi connectivity index (χ2v) is 3.56. The minimum absolute atomic E-state index is 0.0173. The zero-order valence-electron chi connectivity index (χ0n) is 8.10. The van der Waals surface area contributed by atoms with Gasteiger partial charge in [-0.25, -0.2) is 0 Å². The molecule has 1 aromatic heterocycles. The predicted octanol–water partition coefficient (Wildman–Crippen LogP) is 0.712. The third-order valence-electron chi connectivity index (χ3n) is 2.08. The molecule has 0 spiro atoms. The fourth-order valence-corrected chi connectivity index (χ4v) is 1.18. The van der Waals surface area contributed by atoms with Crippen molar-refractivity contribution in [3.05, 3.63) is 24.0 Å². The number of nitrogens with one attached hydrogen (secondary N) is 1. The summed E-state index contributed by atoms with van der Waals surface area (Å²) in [5.41, 5.74) is 0.943. The molecule has 0 aromatic carbocycles. The number of hydrogen-bond donors (Lipinski definition) is 1. The van der Waals surface area contributed by atoms with E-state index in [0.29, 0.717) is 6.04 Å². The Morgan fingerprint density at radius 1 is 1.71 bits per heavy atom. The van der Waals surface area contributed by atoms with E-state index in [1.807, 2.05) is 13.2 Å². The summed E-state index contributed by atoms with van der Waals surface area (Å²) in [5.74, 6) is -0.0173. The summed E-state index contributed by atoms with van der Waals surface area (Å²) in [7, 11) is 1.85. The monoisotopic (exact) mass is 191 g/mol. The Kier molecular flexibility index (Phi) is 2.35. The van der Waals surface area contributed by atoms with E-state index >= 15 is 0 Å². The predicted molar refractivity (Wildman–Crippen MR) is 53.4 cm³/mol. The number of hydrogen-bond acceptors (Lipinski definition) is 2. The summed E-state index contributed by atoms with van der Waals surface area (Å²) < 4.78 is 1.71. The SMILES string of the molecule is Cn1cc(/C=C/C(=O)NC2CC2)cn1. The van der Waals surface area contributed by atoms with Crippen molar-refractivity contribution in [3.63, 3.8) is 0 Å². The number of aryl methyl sites for hydroxylation is 1. The summed E-state index contributed by atoms with van der Waals surface area (Å²) in [6.45, 7) is 0. The molecule has 1 saturated carbocycles. The molecule has 1 fully saturated rings. The molecule has 0 unspecified atom stereocenters. The maximum atomic E-state index is 11.2. The van der Waals surface area contributed by atoms with Crippen molar-refractivity contribution in [2.24, 2.45) is 7.05 Å². The van der Waals surface area contributed by atoms with E-state index in [4.69, 9.17) is 0 Å². The summed E-state index contributed by atoms with van der Waals surface area (Å²) in [4.78, 5) is 11.2. The van der Waals surface area contributed by atoms with Gasteiger partial charge in [0.2, 0.25) is 5.91 Å². The lowest BCUT2D eigenvalue weighted by molar-refractivity contribution is -0.116. The fourth-order valence-electron chi connectivity index (χ4n) is 1.18. The van der Waals surface area contributed by atoms with Crippen molar-refractivity contribution < 1.29 is 4.79 Å². The van der Waals surface area contributed by atoms with Crippen LogP contribution in [-0.4, -0.2) is 21.7 Å². The Morgan fingerprint density at radius 2 is 2.50 bits per heavy atom. The summed E-state index contributed by atoms with van der Waals surface area (Å²) >= 11 is 0. The molecule has 4 nitrogen and oxygen atoms in total. The van der Waals surface area contributed by atoms with Gasteiger partial charge in [-0.1, -0.05) is 0 Å². The average Bonchev–Trinajstić information content (AvgIpc) is 2.85. The maximum Gasteiger partial charge on any atom is 0.244 e. The van der Waals surface area contributed by atoms with Crippen LogP contribution < -0.4 is 5.32 Å². The second-order valence-electron chi connectivity index (χ2n) is 3.56. The van der Waals surface area contributed by atoms with Crippen molar-refractivity contribution in [3.8, 4) is 0 Å². The van der Waals surface area contributed by atoms with Crippen LogP contribution in [0.3, 0.4) is 0 Å². The maximum absolute atomic E-state index is 11.2. The molecule has 0 aliphatic heterocycles. The quantitative estimate of drug-likeness (QED) is 0.715. The fraction of sp³-hybridized carbons (Fsp3) is 0.400. The average molecular weight is 191 g/mol. The minimum atomic E-state index is -0.0173. The van der Waals surface area contributed by atoms with Crippen LogP contribution in [0.2, 0.25) is 0 Å². The van der Waals surface area contributed by atoms with E-state index in [-0.39, 0.29) is 5.91 Å². The molecule has 1 heterocycles. The van der Waals surface area contributed by atoms with Crippen molar-refractivity contribution in [1.82, 2.24) is 15.1 Å². The normalized spacial score (nSPS) is 16.1. The van der Waals surface area contributed by atoms with Crippen LogP contribution in [-0.2, 0) is 11.8 Å². The minimum Gasteiger partial charge on any atom is -0.350 e. The van der Waals surface area contributed by atoms with E-state index in [9.17, 15) is 4.79 Å². The van der Waals surface area contributed by atoms with Gasteiger partial charge in [-0.2, -0.15) is 5.10 Å². The highest BCUT2D eigenvalue weighted by molar-refractivity contribution is 5.91. The van der Waals surface area contributed by atoms with E-state index in [2.05, 4.69) is 10.4 Å².